The molecule has 0 bridgehead atoms. The van der Waals surface area contributed by atoms with E-state index in [4.69, 9.17) is 5.11 Å². The van der Waals surface area contributed by atoms with Gasteiger partial charge in [0.25, 0.3) is 0 Å². The second kappa shape index (κ2) is 4.35. The number of halogens is 1. The standard InChI is InChI=1S/C12H13FO4S/c1-2-18(16,17)11-9(10(11)12(14)15)7-3-5-8(13)6-4-7/h3-6,9-11H,2H2,1H3,(H,14,15)/t9-,10-,11+/m0/s1. The van der Waals surface area contributed by atoms with Crippen LogP contribution in [0, 0.1) is 11.7 Å². The predicted octanol–water partition coefficient (Wildman–Crippen LogP) is 1.43. The van der Waals surface area contributed by atoms with Gasteiger partial charge in [-0.1, -0.05) is 19.1 Å². The lowest BCUT2D eigenvalue weighted by molar-refractivity contribution is -0.138. The maximum Gasteiger partial charge on any atom is 0.308 e. The van der Waals surface area contributed by atoms with E-state index >= 15 is 0 Å². The maximum absolute atomic E-state index is 12.8. The molecule has 0 amide bonds. The van der Waals surface area contributed by atoms with Gasteiger partial charge in [0, 0.05) is 11.7 Å². The molecule has 1 N–H and O–H groups in total. The number of rotatable bonds is 4. The van der Waals surface area contributed by atoms with E-state index in [0.717, 1.165) is 0 Å². The molecule has 1 aliphatic rings. The third kappa shape index (κ3) is 2.12. The molecular formula is C12H13FO4S. The minimum Gasteiger partial charge on any atom is -0.481 e. The first-order valence-electron chi connectivity index (χ1n) is 5.58. The van der Waals surface area contributed by atoms with Crippen LogP contribution in [0.5, 0.6) is 0 Å². The minimum absolute atomic E-state index is 0.0842. The summed E-state index contributed by atoms with van der Waals surface area (Å²) in [6, 6.07) is 5.31. The van der Waals surface area contributed by atoms with Crippen molar-refractivity contribution in [2.45, 2.75) is 18.1 Å². The number of carboxylic acid groups (broad SMARTS) is 1. The maximum atomic E-state index is 12.8. The molecule has 18 heavy (non-hydrogen) atoms. The minimum atomic E-state index is -3.40. The Hall–Kier alpha value is -1.43. The fourth-order valence-electron chi connectivity index (χ4n) is 2.30. The van der Waals surface area contributed by atoms with Crippen LogP contribution in [-0.2, 0) is 14.6 Å². The van der Waals surface area contributed by atoms with E-state index in [1.807, 2.05) is 0 Å². The molecule has 0 unspecified atom stereocenters. The van der Waals surface area contributed by atoms with Gasteiger partial charge in [-0.15, -0.1) is 0 Å². The highest BCUT2D eigenvalue weighted by Crippen LogP contribution is 2.52. The summed E-state index contributed by atoms with van der Waals surface area (Å²) in [4.78, 5) is 11.0. The molecule has 1 aliphatic carbocycles. The zero-order chi connectivity index (χ0) is 13.5. The molecule has 1 saturated carbocycles. The van der Waals surface area contributed by atoms with Crippen LogP contribution in [0.3, 0.4) is 0 Å². The lowest BCUT2D eigenvalue weighted by Crippen LogP contribution is -2.14. The van der Waals surface area contributed by atoms with Crippen molar-refractivity contribution < 1.29 is 22.7 Å². The first kappa shape index (κ1) is 13.0. The van der Waals surface area contributed by atoms with Crippen LogP contribution in [-0.4, -0.2) is 30.5 Å². The molecule has 0 radical (unpaired) electrons. The highest BCUT2D eigenvalue weighted by atomic mass is 32.2. The van der Waals surface area contributed by atoms with Crippen molar-refractivity contribution in [3.8, 4) is 0 Å². The third-order valence-corrected chi connectivity index (χ3v) is 5.53. The van der Waals surface area contributed by atoms with Gasteiger partial charge in [-0.3, -0.25) is 4.79 Å². The van der Waals surface area contributed by atoms with Gasteiger partial charge < -0.3 is 5.11 Å². The summed E-state index contributed by atoms with van der Waals surface area (Å²) >= 11 is 0. The number of aliphatic carboxylic acids is 1. The second-order valence-corrected chi connectivity index (χ2v) is 6.80. The van der Waals surface area contributed by atoms with Gasteiger partial charge in [0.2, 0.25) is 0 Å². The van der Waals surface area contributed by atoms with Gasteiger partial charge in [0.1, 0.15) is 5.82 Å². The van der Waals surface area contributed by atoms with Crippen LogP contribution in [0.25, 0.3) is 0 Å². The van der Waals surface area contributed by atoms with Crippen LogP contribution in [0.15, 0.2) is 24.3 Å². The molecule has 4 nitrogen and oxygen atoms in total. The summed E-state index contributed by atoms with van der Waals surface area (Å²) in [5, 5.41) is 8.15. The lowest BCUT2D eigenvalue weighted by Gasteiger charge is -2.00. The quantitative estimate of drug-likeness (QED) is 0.900. The average Bonchev–Trinajstić information content (AvgIpc) is 3.06. The highest BCUT2D eigenvalue weighted by molar-refractivity contribution is 7.92. The monoisotopic (exact) mass is 272 g/mol. The molecule has 3 atom stereocenters. The van der Waals surface area contributed by atoms with E-state index in [1.54, 1.807) is 0 Å². The summed E-state index contributed by atoms with van der Waals surface area (Å²) in [7, 11) is -3.40. The van der Waals surface area contributed by atoms with E-state index in [9.17, 15) is 17.6 Å². The topological polar surface area (TPSA) is 71.4 Å². The lowest BCUT2D eigenvalue weighted by atomic mass is 10.1. The predicted molar refractivity (Wildman–Crippen MR) is 63.5 cm³/mol. The second-order valence-electron chi connectivity index (χ2n) is 4.36. The summed E-state index contributed by atoms with van der Waals surface area (Å²) in [5.41, 5.74) is 0.561. The smallest absolute Gasteiger partial charge is 0.308 e. The first-order chi connectivity index (χ1) is 8.38. The molecule has 0 spiro atoms. The van der Waals surface area contributed by atoms with Crippen molar-refractivity contribution in [2.24, 2.45) is 5.92 Å². The number of benzene rings is 1. The van der Waals surface area contributed by atoms with Crippen LogP contribution < -0.4 is 0 Å². The largest absolute Gasteiger partial charge is 0.481 e. The Morgan fingerprint density at radius 2 is 1.89 bits per heavy atom. The van der Waals surface area contributed by atoms with Gasteiger partial charge in [0.05, 0.1) is 11.2 Å². The molecule has 1 aromatic rings. The SMILES string of the molecule is CCS(=O)(=O)[C@H]1[C@@H](C(=O)O)[C@@H]1c1ccc(F)cc1. The zero-order valence-electron chi connectivity index (χ0n) is 9.71. The fourth-order valence-corrected chi connectivity index (χ4v) is 4.10. The van der Waals surface area contributed by atoms with E-state index in [2.05, 4.69) is 0 Å². The summed E-state index contributed by atoms with van der Waals surface area (Å²) in [5.74, 6) is -3.11. The van der Waals surface area contributed by atoms with Crippen molar-refractivity contribution in [3.05, 3.63) is 35.6 Å². The van der Waals surface area contributed by atoms with E-state index < -0.39 is 38.7 Å². The number of hydrogen-bond acceptors (Lipinski definition) is 3. The summed E-state index contributed by atoms with van der Waals surface area (Å²) in [6.45, 7) is 1.49. The molecule has 0 aliphatic heterocycles. The van der Waals surface area contributed by atoms with Gasteiger partial charge in [0.15, 0.2) is 9.84 Å². The number of carboxylic acids is 1. The van der Waals surface area contributed by atoms with Crippen molar-refractivity contribution in [1.29, 1.82) is 0 Å². The van der Waals surface area contributed by atoms with Gasteiger partial charge in [-0.05, 0) is 17.7 Å². The Bertz CT molecular complexity index is 564. The molecule has 0 heterocycles. The molecular weight excluding hydrogens is 259 g/mol. The Labute approximate surface area is 104 Å². The van der Waals surface area contributed by atoms with Crippen molar-refractivity contribution >= 4 is 15.8 Å². The van der Waals surface area contributed by atoms with Gasteiger partial charge in [-0.25, -0.2) is 12.8 Å². The molecule has 0 saturated heterocycles. The highest BCUT2D eigenvalue weighted by Gasteiger charge is 2.62. The van der Waals surface area contributed by atoms with E-state index in [0.29, 0.717) is 5.56 Å². The Morgan fingerprint density at radius 3 is 2.33 bits per heavy atom. The number of carbonyl (C=O) groups is 1. The van der Waals surface area contributed by atoms with Crippen LogP contribution in [0.2, 0.25) is 0 Å². The Morgan fingerprint density at radius 1 is 1.33 bits per heavy atom. The van der Waals surface area contributed by atoms with Crippen LogP contribution in [0.1, 0.15) is 18.4 Å². The molecule has 2 rings (SSSR count). The molecule has 0 aromatic heterocycles. The number of hydrogen-bond donors (Lipinski definition) is 1. The summed E-state index contributed by atoms with van der Waals surface area (Å²) < 4.78 is 36.4. The first-order valence-corrected chi connectivity index (χ1v) is 7.30. The van der Waals surface area contributed by atoms with Gasteiger partial charge >= 0.3 is 5.97 Å². The third-order valence-electron chi connectivity index (χ3n) is 3.31. The zero-order valence-corrected chi connectivity index (χ0v) is 10.5. The molecule has 98 valence electrons. The van der Waals surface area contributed by atoms with Crippen LogP contribution >= 0.6 is 0 Å². The van der Waals surface area contributed by atoms with Crippen LogP contribution in [0.4, 0.5) is 4.39 Å². The average molecular weight is 272 g/mol. The molecule has 1 aromatic carbocycles. The van der Waals surface area contributed by atoms with Crippen molar-refractivity contribution in [2.75, 3.05) is 5.75 Å². The molecule has 1 fully saturated rings. The van der Waals surface area contributed by atoms with E-state index in [-0.39, 0.29) is 5.75 Å². The van der Waals surface area contributed by atoms with Crippen molar-refractivity contribution in [3.63, 3.8) is 0 Å². The number of sulfone groups is 1. The normalized spacial score (nSPS) is 26.9. The summed E-state index contributed by atoms with van der Waals surface area (Å²) in [6.07, 6.45) is 0. The molecule has 6 heteroatoms. The Kier molecular flexibility index (Phi) is 3.14. The van der Waals surface area contributed by atoms with Gasteiger partial charge in [-0.2, -0.15) is 0 Å². The Balaban J connectivity index is 2.33. The fraction of sp³-hybridized carbons (Fsp3) is 0.417. The van der Waals surface area contributed by atoms with E-state index in [1.165, 1.54) is 31.2 Å². The van der Waals surface area contributed by atoms with Crippen molar-refractivity contribution in [1.82, 2.24) is 0 Å².